The number of nitrogens with zero attached hydrogens (tertiary/aromatic N) is 3. The van der Waals surface area contributed by atoms with Crippen molar-refractivity contribution in [2.24, 2.45) is 4.99 Å². The van der Waals surface area contributed by atoms with Crippen molar-refractivity contribution in [3.63, 3.8) is 0 Å². The summed E-state index contributed by atoms with van der Waals surface area (Å²) in [4.78, 5) is 20.9. The van der Waals surface area contributed by atoms with Gasteiger partial charge in [-0.1, -0.05) is 0 Å². The fourth-order valence-corrected chi connectivity index (χ4v) is 2.83. The van der Waals surface area contributed by atoms with Gasteiger partial charge in [0.25, 0.3) is 0 Å². The summed E-state index contributed by atoms with van der Waals surface area (Å²) in [7, 11) is 0. The Kier molecular flexibility index (Phi) is 7.79. The molecule has 0 aromatic carbocycles. The van der Waals surface area contributed by atoms with Gasteiger partial charge in [0.1, 0.15) is 5.60 Å². The first-order valence-corrected chi connectivity index (χ1v) is 8.83. The highest BCUT2D eigenvalue weighted by molar-refractivity contribution is 14.0. The van der Waals surface area contributed by atoms with E-state index in [-0.39, 0.29) is 41.7 Å². The maximum Gasteiger partial charge on any atom is 0.410 e. The molecular weight excluding hydrogens is 433 g/mol. The molecule has 0 bridgehead atoms. The molecule has 2 rings (SSSR count). The number of hydrogen-bond acceptors (Lipinski definition) is 6. The van der Waals surface area contributed by atoms with E-state index in [0.717, 1.165) is 32.1 Å². The van der Waals surface area contributed by atoms with E-state index >= 15 is 0 Å². The van der Waals surface area contributed by atoms with Crippen LogP contribution in [-0.2, 0) is 4.74 Å². The van der Waals surface area contributed by atoms with Gasteiger partial charge in [-0.25, -0.2) is 4.79 Å². The van der Waals surface area contributed by atoms with Crippen LogP contribution in [-0.4, -0.2) is 78.3 Å². The second kappa shape index (κ2) is 8.75. The van der Waals surface area contributed by atoms with Gasteiger partial charge < -0.3 is 25.2 Å². The minimum atomic E-state index is -0.451. The van der Waals surface area contributed by atoms with Crippen LogP contribution >= 0.6 is 24.0 Å². The van der Waals surface area contributed by atoms with Crippen LogP contribution in [0.15, 0.2) is 4.99 Å². The SMILES string of the molecule is CC(C)(C)NCCNC1=NCC2CN(C(=O)OC(C)(C)C)CCN12.I. The first-order chi connectivity index (χ1) is 11.1. The van der Waals surface area contributed by atoms with Crippen LogP contribution in [0.3, 0.4) is 0 Å². The van der Waals surface area contributed by atoms with Crippen LogP contribution in [0.4, 0.5) is 4.79 Å². The first-order valence-electron chi connectivity index (χ1n) is 8.83. The molecule has 2 N–H and O–H groups in total. The maximum atomic E-state index is 12.2. The molecule has 0 saturated carbocycles. The molecule has 7 nitrogen and oxygen atoms in total. The number of halogens is 1. The molecule has 1 saturated heterocycles. The van der Waals surface area contributed by atoms with Crippen molar-refractivity contribution >= 4 is 36.0 Å². The molecule has 2 heterocycles. The smallest absolute Gasteiger partial charge is 0.410 e. The number of carbonyl (C=O) groups excluding carboxylic acids is 1. The van der Waals surface area contributed by atoms with Gasteiger partial charge in [0.15, 0.2) is 5.96 Å². The molecule has 1 unspecified atom stereocenters. The van der Waals surface area contributed by atoms with Crippen LogP contribution in [0, 0.1) is 0 Å². The lowest BCUT2D eigenvalue weighted by molar-refractivity contribution is 0.0137. The van der Waals surface area contributed by atoms with Crippen LogP contribution in [0.25, 0.3) is 0 Å². The topological polar surface area (TPSA) is 69.2 Å². The van der Waals surface area contributed by atoms with Gasteiger partial charge in [-0.2, -0.15) is 0 Å². The largest absolute Gasteiger partial charge is 0.444 e. The minimum absolute atomic E-state index is 0. The molecule has 25 heavy (non-hydrogen) atoms. The van der Waals surface area contributed by atoms with Crippen LogP contribution in [0.5, 0.6) is 0 Å². The standard InChI is InChI=1S/C17H33N5O2.HI/c1-16(2,3)20-8-7-18-14-19-11-13-12-21(9-10-22(13)14)15(23)24-17(4,5)6;/h13,20H,7-12H2,1-6H3,(H,18,19);1H. The Labute approximate surface area is 169 Å². The molecule has 146 valence electrons. The number of rotatable bonds is 3. The summed E-state index contributed by atoms with van der Waals surface area (Å²) in [6.45, 7) is 16.8. The van der Waals surface area contributed by atoms with E-state index in [1.54, 1.807) is 4.90 Å². The summed E-state index contributed by atoms with van der Waals surface area (Å²) in [5.74, 6) is 0.958. The second-order valence-electron chi connectivity index (χ2n) is 8.54. The Morgan fingerprint density at radius 2 is 1.88 bits per heavy atom. The van der Waals surface area contributed by atoms with E-state index in [1.807, 2.05) is 20.8 Å². The van der Waals surface area contributed by atoms with E-state index in [2.05, 4.69) is 41.3 Å². The lowest BCUT2D eigenvalue weighted by Crippen LogP contribution is -2.58. The van der Waals surface area contributed by atoms with E-state index < -0.39 is 5.60 Å². The maximum absolute atomic E-state index is 12.2. The Morgan fingerprint density at radius 1 is 1.20 bits per heavy atom. The predicted octanol–water partition coefficient (Wildman–Crippen LogP) is 1.87. The summed E-state index contributed by atoms with van der Waals surface area (Å²) in [6, 6.07) is 0.254. The zero-order valence-corrected chi connectivity index (χ0v) is 18.7. The highest BCUT2D eigenvalue weighted by Gasteiger charge is 2.36. The quantitative estimate of drug-likeness (QED) is 0.490. The van der Waals surface area contributed by atoms with Crippen molar-refractivity contribution in [2.45, 2.75) is 58.7 Å². The van der Waals surface area contributed by atoms with Gasteiger partial charge in [-0.15, -0.1) is 24.0 Å². The fourth-order valence-electron chi connectivity index (χ4n) is 2.83. The summed E-state index contributed by atoms with van der Waals surface area (Å²) in [5.41, 5.74) is -0.325. The summed E-state index contributed by atoms with van der Waals surface area (Å²) >= 11 is 0. The molecule has 0 radical (unpaired) electrons. The number of fused-ring (bicyclic) bond motifs is 1. The van der Waals surface area contributed by atoms with Crippen molar-refractivity contribution in [3.8, 4) is 0 Å². The lowest BCUT2D eigenvalue weighted by Gasteiger charge is -2.39. The Hall–Kier alpha value is -0.770. The van der Waals surface area contributed by atoms with Crippen molar-refractivity contribution in [1.29, 1.82) is 0 Å². The molecule has 1 fully saturated rings. The van der Waals surface area contributed by atoms with E-state index in [9.17, 15) is 4.79 Å². The highest BCUT2D eigenvalue weighted by atomic mass is 127. The first kappa shape index (κ1) is 22.3. The molecule has 0 aliphatic carbocycles. The van der Waals surface area contributed by atoms with E-state index in [1.165, 1.54) is 0 Å². The summed E-state index contributed by atoms with van der Waals surface area (Å²) < 4.78 is 5.47. The molecule has 8 heteroatoms. The number of aliphatic imine (C=N–C) groups is 1. The molecule has 0 spiro atoms. The molecule has 0 aromatic rings. The monoisotopic (exact) mass is 467 g/mol. The molecule has 1 amide bonds. The average molecular weight is 467 g/mol. The van der Waals surface area contributed by atoms with Crippen molar-refractivity contribution in [1.82, 2.24) is 20.4 Å². The lowest BCUT2D eigenvalue weighted by atomic mass is 10.1. The summed E-state index contributed by atoms with van der Waals surface area (Å²) in [6.07, 6.45) is -0.224. The number of hydrogen-bond donors (Lipinski definition) is 2. The molecular formula is C17H34IN5O2. The highest BCUT2D eigenvalue weighted by Crippen LogP contribution is 2.18. The minimum Gasteiger partial charge on any atom is -0.444 e. The number of nitrogens with one attached hydrogen (secondary N) is 2. The average Bonchev–Trinajstić information content (AvgIpc) is 2.83. The zero-order valence-electron chi connectivity index (χ0n) is 16.4. The van der Waals surface area contributed by atoms with E-state index in [0.29, 0.717) is 13.1 Å². The normalized spacial score (nSPS) is 20.6. The van der Waals surface area contributed by atoms with E-state index in [4.69, 9.17) is 4.74 Å². The van der Waals surface area contributed by atoms with Gasteiger partial charge in [0.2, 0.25) is 0 Å². The number of guanidine groups is 1. The summed E-state index contributed by atoms with van der Waals surface area (Å²) in [5, 5.41) is 6.87. The Balaban J connectivity index is 0.00000312. The third-order valence-electron chi connectivity index (χ3n) is 3.92. The predicted molar refractivity (Wildman–Crippen MR) is 112 cm³/mol. The van der Waals surface area contributed by atoms with Gasteiger partial charge in [-0.3, -0.25) is 4.99 Å². The van der Waals surface area contributed by atoms with Crippen LogP contribution in [0.2, 0.25) is 0 Å². The number of amides is 1. The number of piperazine rings is 1. The molecule has 2 aliphatic heterocycles. The second-order valence-corrected chi connectivity index (χ2v) is 8.54. The number of carbonyl (C=O) groups is 1. The van der Waals surface area contributed by atoms with Crippen LogP contribution < -0.4 is 10.6 Å². The van der Waals surface area contributed by atoms with Gasteiger partial charge >= 0.3 is 6.09 Å². The van der Waals surface area contributed by atoms with Gasteiger partial charge in [0, 0.05) is 38.3 Å². The Bertz CT molecular complexity index is 484. The molecule has 2 aliphatic rings. The van der Waals surface area contributed by atoms with Gasteiger partial charge in [-0.05, 0) is 41.5 Å². The number of ether oxygens (including phenoxy) is 1. The molecule has 0 aromatic heterocycles. The van der Waals surface area contributed by atoms with Crippen molar-refractivity contribution < 1.29 is 9.53 Å². The zero-order chi connectivity index (χ0) is 18.0. The van der Waals surface area contributed by atoms with Crippen LogP contribution in [0.1, 0.15) is 41.5 Å². The van der Waals surface area contributed by atoms with Crippen molar-refractivity contribution in [2.75, 3.05) is 39.3 Å². The van der Waals surface area contributed by atoms with Crippen molar-refractivity contribution in [3.05, 3.63) is 0 Å². The third-order valence-corrected chi connectivity index (χ3v) is 3.92. The molecule has 1 atom stereocenters. The van der Waals surface area contributed by atoms with Gasteiger partial charge in [0.05, 0.1) is 12.6 Å². The fraction of sp³-hybridized carbons (Fsp3) is 0.882. The third kappa shape index (κ3) is 7.16. The Morgan fingerprint density at radius 3 is 2.48 bits per heavy atom.